The molecule has 0 bridgehead atoms. The number of carboxylic acids is 2. The number of carbonyl (C=O) groups excluding carboxylic acids is 4. The first-order valence-electron chi connectivity index (χ1n) is 9.43. The van der Waals surface area contributed by atoms with Crippen molar-refractivity contribution in [3.63, 3.8) is 0 Å². The largest absolute Gasteiger partial charge is 0.478 e. The summed E-state index contributed by atoms with van der Waals surface area (Å²) in [6.07, 6.45) is 0.901. The van der Waals surface area contributed by atoms with Crippen LogP contribution in [0.4, 0.5) is 0 Å². The summed E-state index contributed by atoms with van der Waals surface area (Å²) in [5.41, 5.74) is -0.623. The van der Waals surface area contributed by atoms with Crippen molar-refractivity contribution in [2.24, 2.45) is 0 Å². The van der Waals surface area contributed by atoms with Gasteiger partial charge in [-0.25, -0.2) is 19.2 Å². The first-order chi connectivity index (χ1) is 16.2. The van der Waals surface area contributed by atoms with E-state index in [1.807, 2.05) is 0 Å². The van der Waals surface area contributed by atoms with Gasteiger partial charge in [0.2, 0.25) is 0 Å². The quantitative estimate of drug-likeness (QED) is 0.289. The van der Waals surface area contributed by atoms with Crippen LogP contribution in [0.25, 0.3) is 0 Å². The number of hydrogen-bond acceptors (Lipinski definition) is 8. The van der Waals surface area contributed by atoms with Crippen molar-refractivity contribution in [1.82, 2.24) is 0 Å². The first-order valence-corrected chi connectivity index (χ1v) is 9.43. The predicted octanol–water partition coefficient (Wildman–Crippen LogP) is 3.15. The minimum absolute atomic E-state index is 0.0195. The van der Waals surface area contributed by atoms with E-state index in [0.717, 1.165) is 12.1 Å². The zero-order valence-electron chi connectivity index (χ0n) is 17.1. The van der Waals surface area contributed by atoms with Gasteiger partial charge in [0.05, 0.1) is 11.1 Å². The molecule has 0 aliphatic carbocycles. The topological polar surface area (TPSA) is 161 Å². The van der Waals surface area contributed by atoms with Crippen LogP contribution in [-0.4, -0.2) is 46.7 Å². The maximum absolute atomic E-state index is 12.4. The number of esters is 2. The maximum Gasteiger partial charge on any atom is 0.343 e. The highest BCUT2D eigenvalue weighted by Gasteiger charge is 2.19. The van der Waals surface area contributed by atoms with E-state index >= 15 is 0 Å². The number of aromatic carboxylic acids is 2. The fourth-order valence-corrected chi connectivity index (χ4v) is 2.81. The summed E-state index contributed by atoms with van der Waals surface area (Å²) < 4.78 is 10.2. The van der Waals surface area contributed by atoms with Gasteiger partial charge in [-0.3, -0.25) is 9.59 Å². The molecular weight excluding hydrogens is 448 g/mol. The minimum Gasteiger partial charge on any atom is -0.478 e. The van der Waals surface area contributed by atoms with Gasteiger partial charge in [-0.05, 0) is 60.7 Å². The van der Waals surface area contributed by atoms with Crippen LogP contribution in [0.5, 0.6) is 11.5 Å². The van der Waals surface area contributed by atoms with Gasteiger partial charge in [0.15, 0.2) is 0 Å². The molecule has 170 valence electrons. The van der Waals surface area contributed by atoms with Crippen molar-refractivity contribution in [2.75, 3.05) is 0 Å². The van der Waals surface area contributed by atoms with Crippen LogP contribution in [0.3, 0.4) is 0 Å². The van der Waals surface area contributed by atoms with Crippen LogP contribution < -0.4 is 9.47 Å². The van der Waals surface area contributed by atoms with Crippen molar-refractivity contribution in [1.29, 1.82) is 0 Å². The van der Waals surface area contributed by atoms with Crippen LogP contribution in [-0.2, 0) is 0 Å². The summed E-state index contributed by atoms with van der Waals surface area (Å²) in [4.78, 5) is 69.2. The molecule has 0 heterocycles. The Bertz CT molecular complexity index is 1220. The Balaban J connectivity index is 1.77. The van der Waals surface area contributed by atoms with E-state index in [2.05, 4.69) is 0 Å². The highest BCUT2D eigenvalue weighted by molar-refractivity contribution is 5.99. The highest BCUT2D eigenvalue weighted by atomic mass is 16.5. The highest BCUT2D eigenvalue weighted by Crippen LogP contribution is 2.23. The molecule has 0 aliphatic rings. The third-order valence-electron chi connectivity index (χ3n) is 4.50. The van der Waals surface area contributed by atoms with E-state index in [1.54, 1.807) is 0 Å². The van der Waals surface area contributed by atoms with Gasteiger partial charge in [-0.1, -0.05) is 0 Å². The molecule has 3 aromatic rings. The lowest BCUT2D eigenvalue weighted by atomic mass is 10.1. The van der Waals surface area contributed by atoms with Gasteiger partial charge in [0.1, 0.15) is 35.2 Å². The molecule has 10 nitrogen and oxygen atoms in total. The zero-order chi connectivity index (χ0) is 24.8. The van der Waals surface area contributed by atoms with Crippen LogP contribution >= 0.6 is 0 Å². The zero-order valence-corrected chi connectivity index (χ0v) is 17.1. The van der Waals surface area contributed by atoms with Gasteiger partial charge >= 0.3 is 23.9 Å². The Labute approximate surface area is 191 Å². The number of carboxylic acid groups (broad SMARTS) is 2. The Kier molecular flexibility index (Phi) is 6.92. The molecule has 0 aliphatic heterocycles. The van der Waals surface area contributed by atoms with E-state index in [0.29, 0.717) is 12.6 Å². The molecule has 0 aromatic heterocycles. The average Bonchev–Trinajstić information content (AvgIpc) is 2.84. The van der Waals surface area contributed by atoms with Gasteiger partial charge in [0.25, 0.3) is 0 Å². The summed E-state index contributed by atoms with van der Waals surface area (Å²) in [7, 11) is 0. The average molecular weight is 462 g/mol. The van der Waals surface area contributed by atoms with Crippen LogP contribution in [0.15, 0.2) is 60.7 Å². The summed E-state index contributed by atoms with van der Waals surface area (Å²) >= 11 is 0. The lowest BCUT2D eigenvalue weighted by Gasteiger charge is -2.09. The van der Waals surface area contributed by atoms with E-state index in [1.165, 1.54) is 48.5 Å². The van der Waals surface area contributed by atoms with E-state index in [4.69, 9.17) is 9.47 Å². The van der Waals surface area contributed by atoms with E-state index < -0.39 is 23.9 Å². The Morgan fingerprint density at radius 2 is 0.941 bits per heavy atom. The molecule has 3 aromatic carbocycles. The summed E-state index contributed by atoms with van der Waals surface area (Å²) in [5.74, 6) is -5.17. The Hall–Kier alpha value is -5.12. The number of hydrogen-bond donors (Lipinski definition) is 2. The molecule has 0 atom stereocenters. The summed E-state index contributed by atoms with van der Waals surface area (Å²) in [5, 5.41) is 18.5. The molecule has 0 fully saturated rings. The van der Waals surface area contributed by atoms with E-state index in [9.17, 15) is 39.0 Å². The summed E-state index contributed by atoms with van der Waals surface area (Å²) in [6, 6.07) is 12.0. The molecule has 0 saturated carbocycles. The normalized spacial score (nSPS) is 10.1. The van der Waals surface area contributed by atoms with Gasteiger partial charge in [-0.15, -0.1) is 0 Å². The monoisotopic (exact) mass is 462 g/mol. The third-order valence-corrected chi connectivity index (χ3v) is 4.50. The fourth-order valence-electron chi connectivity index (χ4n) is 2.81. The number of carbonyl (C=O) groups is 6. The number of ether oxygens (including phenoxy) is 2. The van der Waals surface area contributed by atoms with Crippen molar-refractivity contribution in [3.05, 3.63) is 94.0 Å². The smallest absolute Gasteiger partial charge is 0.343 e. The van der Waals surface area contributed by atoms with Gasteiger partial charge in [-0.2, -0.15) is 0 Å². The Morgan fingerprint density at radius 3 is 1.24 bits per heavy atom. The minimum atomic E-state index is -1.40. The molecule has 34 heavy (non-hydrogen) atoms. The molecule has 0 radical (unpaired) electrons. The van der Waals surface area contributed by atoms with E-state index in [-0.39, 0.29) is 44.9 Å². The number of benzene rings is 3. The molecule has 0 spiro atoms. The van der Waals surface area contributed by atoms with Gasteiger partial charge in [0, 0.05) is 11.1 Å². The van der Waals surface area contributed by atoms with Crippen LogP contribution in [0, 0.1) is 0 Å². The fraction of sp³-hybridized carbons (Fsp3) is 0. The van der Waals surface area contributed by atoms with Crippen molar-refractivity contribution >= 4 is 36.4 Å². The molecule has 3 rings (SSSR count). The molecule has 0 unspecified atom stereocenters. The first kappa shape index (κ1) is 23.5. The Morgan fingerprint density at radius 1 is 0.588 bits per heavy atom. The second-order valence-corrected chi connectivity index (χ2v) is 6.71. The molecular formula is C24H14O10. The number of rotatable bonds is 8. The van der Waals surface area contributed by atoms with Crippen LogP contribution in [0.1, 0.15) is 62.1 Å². The van der Waals surface area contributed by atoms with Crippen molar-refractivity contribution in [3.8, 4) is 11.5 Å². The molecule has 0 amide bonds. The summed E-state index contributed by atoms with van der Waals surface area (Å²) in [6.45, 7) is 0. The van der Waals surface area contributed by atoms with Crippen molar-refractivity contribution in [2.45, 2.75) is 0 Å². The number of aldehydes is 2. The maximum atomic E-state index is 12.4. The molecule has 2 N–H and O–H groups in total. The van der Waals surface area contributed by atoms with Crippen LogP contribution in [0.2, 0.25) is 0 Å². The van der Waals surface area contributed by atoms with Gasteiger partial charge < -0.3 is 19.7 Å². The lowest BCUT2D eigenvalue weighted by Crippen LogP contribution is -2.14. The lowest BCUT2D eigenvalue weighted by molar-refractivity contribution is 0.0660. The molecule has 10 heteroatoms. The van der Waals surface area contributed by atoms with Crippen molar-refractivity contribution < 1.29 is 48.5 Å². The third kappa shape index (κ3) is 5.19. The standard InChI is InChI=1S/C24H14O10/c25-11-13-1-7-19(17(9-13)21(27)28)33-23(31)15-3-5-16(6-4-15)24(32)34-20-8-2-14(12-26)10-18(20)22(29)30/h1-12H,(H,27,28)(H,29,30). The predicted molar refractivity (Wildman–Crippen MR) is 114 cm³/mol. The molecule has 0 saturated heterocycles. The second kappa shape index (κ2) is 10.0. The second-order valence-electron chi connectivity index (χ2n) is 6.71. The SMILES string of the molecule is O=Cc1ccc(OC(=O)c2ccc(C(=O)Oc3ccc(C=O)cc3C(=O)O)cc2)c(C(=O)O)c1.